The van der Waals surface area contributed by atoms with Crippen LogP contribution in [-0.4, -0.2) is 23.5 Å². The van der Waals surface area contributed by atoms with Gasteiger partial charge in [-0.05, 0) is 25.2 Å². The average molecular weight is 258 g/mol. The van der Waals surface area contributed by atoms with Gasteiger partial charge in [0, 0.05) is 17.8 Å². The maximum Gasteiger partial charge on any atom is 0.256 e. The number of sulfonamides is 1. The second-order valence-corrected chi connectivity index (χ2v) is 4.62. The molecule has 0 radical (unpaired) electrons. The van der Waals surface area contributed by atoms with E-state index in [2.05, 4.69) is 20.0 Å². The van der Waals surface area contributed by atoms with E-state index < -0.39 is 10.0 Å². The van der Waals surface area contributed by atoms with E-state index in [1.807, 2.05) is 0 Å². The number of nitrogens with zero attached hydrogens (tertiary/aromatic N) is 2. The van der Waals surface area contributed by atoms with Crippen molar-refractivity contribution in [1.82, 2.24) is 14.7 Å². The summed E-state index contributed by atoms with van der Waals surface area (Å²) in [5.74, 6) is 0.232. The molecule has 0 saturated carbocycles. The molecule has 0 amide bonds. The summed E-state index contributed by atoms with van der Waals surface area (Å²) in [6, 6.07) is 1.64. The summed E-state index contributed by atoms with van der Waals surface area (Å²) < 4.78 is 24.7. The van der Waals surface area contributed by atoms with Crippen LogP contribution >= 0.6 is 12.2 Å². The Kier molecular flexibility index (Phi) is 4.32. The predicted molar refractivity (Wildman–Crippen MR) is 65.1 cm³/mol. The number of anilines is 1. The van der Waals surface area contributed by atoms with Gasteiger partial charge >= 0.3 is 0 Å². The molecule has 2 N–H and O–H groups in total. The first-order valence-corrected chi connectivity index (χ1v) is 6.22. The van der Waals surface area contributed by atoms with Crippen molar-refractivity contribution in [3.05, 3.63) is 29.9 Å². The van der Waals surface area contributed by atoms with Crippen LogP contribution in [-0.2, 0) is 10.0 Å². The average Bonchev–Trinajstić information content (AvgIpc) is 2.17. The van der Waals surface area contributed by atoms with E-state index in [0.29, 0.717) is 0 Å². The SMILES string of the molecule is C/C=C\S(=O)(=O)NC(=S)Nc1ncccn1. The van der Waals surface area contributed by atoms with Gasteiger partial charge in [0.05, 0.1) is 0 Å². The van der Waals surface area contributed by atoms with Crippen molar-refractivity contribution in [3.8, 4) is 0 Å². The third kappa shape index (κ3) is 4.32. The largest absolute Gasteiger partial charge is 0.300 e. The number of rotatable bonds is 3. The molecule has 8 heteroatoms. The number of aromatic nitrogens is 2. The van der Waals surface area contributed by atoms with Crippen molar-refractivity contribution >= 4 is 33.3 Å². The molecule has 0 atom stereocenters. The number of hydrogen-bond donors (Lipinski definition) is 2. The lowest BCUT2D eigenvalue weighted by Crippen LogP contribution is -2.33. The van der Waals surface area contributed by atoms with Gasteiger partial charge in [0.15, 0.2) is 5.11 Å². The monoisotopic (exact) mass is 258 g/mol. The molecule has 6 nitrogen and oxygen atoms in total. The van der Waals surface area contributed by atoms with Crippen LogP contribution in [0.1, 0.15) is 6.92 Å². The number of thiocarbonyl (C=S) groups is 1. The fraction of sp³-hybridized carbons (Fsp3) is 0.125. The summed E-state index contributed by atoms with van der Waals surface area (Å²) >= 11 is 4.78. The van der Waals surface area contributed by atoms with Crippen LogP contribution in [0, 0.1) is 0 Å². The van der Waals surface area contributed by atoms with Crippen molar-refractivity contribution in [1.29, 1.82) is 0 Å². The third-order valence-electron chi connectivity index (χ3n) is 1.34. The van der Waals surface area contributed by atoms with Crippen LogP contribution < -0.4 is 10.0 Å². The Bertz CT molecular complexity index is 484. The summed E-state index contributed by atoms with van der Waals surface area (Å²) in [6.45, 7) is 1.59. The van der Waals surface area contributed by atoms with Crippen molar-refractivity contribution in [2.75, 3.05) is 5.32 Å². The molecule has 0 fully saturated rings. The zero-order chi connectivity index (χ0) is 12.0. The van der Waals surface area contributed by atoms with Gasteiger partial charge in [-0.1, -0.05) is 6.08 Å². The Hall–Kier alpha value is -1.54. The number of allylic oxidation sites excluding steroid dienone is 1. The fourth-order valence-corrected chi connectivity index (χ4v) is 2.01. The fourth-order valence-electron chi connectivity index (χ4n) is 0.833. The van der Waals surface area contributed by atoms with Gasteiger partial charge < -0.3 is 5.32 Å². The highest BCUT2D eigenvalue weighted by atomic mass is 32.2. The lowest BCUT2D eigenvalue weighted by Gasteiger charge is -2.06. The molecule has 0 saturated heterocycles. The van der Waals surface area contributed by atoms with Crippen LogP contribution in [0.15, 0.2) is 29.9 Å². The summed E-state index contributed by atoms with van der Waals surface area (Å²) in [6.07, 6.45) is 4.42. The molecule has 1 aromatic rings. The molecule has 1 rings (SSSR count). The van der Waals surface area contributed by atoms with Gasteiger partial charge in [-0.25, -0.2) is 18.4 Å². The first-order valence-electron chi connectivity index (χ1n) is 4.27. The number of nitrogens with one attached hydrogen (secondary N) is 2. The Labute approximate surface area is 98.9 Å². The van der Waals surface area contributed by atoms with Crippen LogP contribution in [0.3, 0.4) is 0 Å². The van der Waals surface area contributed by atoms with E-state index in [1.54, 1.807) is 13.0 Å². The standard InChI is InChI=1S/C8H10N4O2S2/c1-2-6-16(13,14)12-8(15)11-7-9-4-3-5-10-7/h2-6H,1H3,(H2,9,10,11,12,15)/b6-2-. The molecule has 0 aliphatic heterocycles. The van der Waals surface area contributed by atoms with Crippen LogP contribution in [0.25, 0.3) is 0 Å². The molecule has 0 spiro atoms. The van der Waals surface area contributed by atoms with E-state index in [0.717, 1.165) is 5.41 Å². The maximum absolute atomic E-state index is 11.3. The Morgan fingerprint density at radius 2 is 2.06 bits per heavy atom. The molecule has 0 unspecified atom stereocenters. The van der Waals surface area contributed by atoms with E-state index in [1.165, 1.54) is 18.5 Å². The highest BCUT2D eigenvalue weighted by Crippen LogP contribution is 1.95. The zero-order valence-electron chi connectivity index (χ0n) is 8.41. The Morgan fingerprint density at radius 1 is 1.44 bits per heavy atom. The summed E-state index contributed by atoms with van der Waals surface area (Å²) in [5.41, 5.74) is 0. The van der Waals surface area contributed by atoms with Crippen LogP contribution in [0.2, 0.25) is 0 Å². The van der Waals surface area contributed by atoms with Crippen LogP contribution in [0.4, 0.5) is 5.95 Å². The molecule has 0 bridgehead atoms. The molecule has 16 heavy (non-hydrogen) atoms. The first kappa shape index (κ1) is 12.5. The van der Waals surface area contributed by atoms with E-state index in [9.17, 15) is 8.42 Å². The minimum atomic E-state index is -3.54. The highest BCUT2D eigenvalue weighted by molar-refractivity contribution is 7.94. The van der Waals surface area contributed by atoms with Gasteiger partial charge in [0.1, 0.15) is 0 Å². The van der Waals surface area contributed by atoms with Gasteiger partial charge in [-0.15, -0.1) is 0 Å². The van der Waals surface area contributed by atoms with Gasteiger partial charge in [-0.2, -0.15) is 0 Å². The molecule has 0 aliphatic carbocycles. The quantitative estimate of drug-likeness (QED) is 0.773. The smallest absolute Gasteiger partial charge is 0.256 e. The van der Waals surface area contributed by atoms with Crippen molar-refractivity contribution in [2.24, 2.45) is 0 Å². The van der Waals surface area contributed by atoms with Gasteiger partial charge in [0.25, 0.3) is 10.0 Å². The van der Waals surface area contributed by atoms with Crippen LogP contribution in [0.5, 0.6) is 0 Å². The molecule has 0 aromatic carbocycles. The normalized spacial score (nSPS) is 11.3. The van der Waals surface area contributed by atoms with Crippen molar-refractivity contribution in [2.45, 2.75) is 6.92 Å². The summed E-state index contributed by atoms with van der Waals surface area (Å²) in [4.78, 5) is 7.66. The van der Waals surface area contributed by atoms with Crippen molar-refractivity contribution < 1.29 is 8.42 Å². The Balaban J connectivity index is 2.62. The molecule has 86 valence electrons. The van der Waals surface area contributed by atoms with E-state index >= 15 is 0 Å². The third-order valence-corrected chi connectivity index (χ3v) is 2.79. The highest BCUT2D eigenvalue weighted by Gasteiger charge is 2.07. The molecule has 1 heterocycles. The van der Waals surface area contributed by atoms with Gasteiger partial charge in [-0.3, -0.25) is 4.72 Å². The topological polar surface area (TPSA) is 84.0 Å². The molecular formula is C8H10N4O2S2. The minimum Gasteiger partial charge on any atom is -0.300 e. The summed E-state index contributed by atoms with van der Waals surface area (Å²) in [5, 5.41) is 3.47. The second-order valence-electron chi connectivity index (χ2n) is 2.64. The molecule has 1 aromatic heterocycles. The second kappa shape index (κ2) is 5.52. The zero-order valence-corrected chi connectivity index (χ0v) is 10.0. The lowest BCUT2D eigenvalue weighted by atomic mass is 10.7. The maximum atomic E-state index is 11.3. The lowest BCUT2D eigenvalue weighted by molar-refractivity contribution is 0.601. The molecule has 0 aliphatic rings. The van der Waals surface area contributed by atoms with E-state index in [-0.39, 0.29) is 11.1 Å². The minimum absolute atomic E-state index is 0.0794. The van der Waals surface area contributed by atoms with E-state index in [4.69, 9.17) is 12.2 Å². The molecular weight excluding hydrogens is 248 g/mol. The first-order chi connectivity index (χ1) is 7.53. The van der Waals surface area contributed by atoms with Crippen molar-refractivity contribution in [3.63, 3.8) is 0 Å². The summed E-state index contributed by atoms with van der Waals surface area (Å²) in [7, 11) is -3.54. The predicted octanol–water partition coefficient (Wildman–Crippen LogP) is 0.626. The number of hydrogen-bond acceptors (Lipinski definition) is 5. The Morgan fingerprint density at radius 3 is 2.62 bits per heavy atom. The van der Waals surface area contributed by atoms with Gasteiger partial charge in [0.2, 0.25) is 5.95 Å².